The molecule has 1 unspecified atom stereocenters. The van der Waals surface area contributed by atoms with Gasteiger partial charge in [-0.2, -0.15) is 0 Å². The number of nitrogens with one attached hydrogen (secondary N) is 1. The van der Waals surface area contributed by atoms with E-state index in [2.05, 4.69) is 49.9 Å². The lowest BCUT2D eigenvalue weighted by Crippen LogP contribution is -2.20. The number of halogens is 3. The predicted octanol–water partition coefficient (Wildman–Crippen LogP) is 5.64. The summed E-state index contributed by atoms with van der Waals surface area (Å²) in [6, 6.07) is 12.3. The molecular weight excluding hydrogens is 452 g/mol. The Morgan fingerprint density at radius 2 is 2.10 bits per heavy atom. The molecule has 2 aromatic carbocycles. The van der Waals surface area contributed by atoms with Gasteiger partial charge in [0.1, 0.15) is 5.75 Å². The topological polar surface area (TPSA) is 21.3 Å². The summed E-state index contributed by atoms with van der Waals surface area (Å²) in [6.07, 6.45) is 0.947. The van der Waals surface area contributed by atoms with E-state index >= 15 is 0 Å². The minimum atomic E-state index is 0.256. The summed E-state index contributed by atoms with van der Waals surface area (Å²) in [7, 11) is 0. The monoisotopic (exact) mass is 463 g/mol. The summed E-state index contributed by atoms with van der Waals surface area (Å²) in [4.78, 5) is 0. The molecule has 0 saturated heterocycles. The second-order valence-corrected chi connectivity index (χ2v) is 7.15. The average Bonchev–Trinajstić information content (AvgIpc) is 2.42. The van der Waals surface area contributed by atoms with E-state index in [1.54, 1.807) is 0 Å². The van der Waals surface area contributed by atoms with E-state index in [1.165, 1.54) is 5.56 Å². The van der Waals surface area contributed by atoms with Crippen LogP contribution in [-0.2, 0) is 0 Å². The summed E-state index contributed by atoms with van der Waals surface area (Å²) < 4.78 is 7.90. The zero-order valence-corrected chi connectivity index (χ0v) is 15.0. The van der Waals surface area contributed by atoms with Crippen LogP contribution in [0.25, 0.3) is 0 Å². The van der Waals surface area contributed by atoms with E-state index < -0.39 is 0 Å². The minimum absolute atomic E-state index is 0.256. The standard InChI is InChI=1S/C15H12BrClINO/c16-9-1-4-15-11(7-9)13(5-6-20-15)19-14-3-2-10(17)8-12(14)18/h1-4,7-8,13,19H,5-6H2. The third-order valence-corrected chi connectivity index (χ3v) is 4.89. The van der Waals surface area contributed by atoms with Crippen LogP contribution in [-0.4, -0.2) is 6.61 Å². The van der Waals surface area contributed by atoms with Crippen molar-refractivity contribution < 1.29 is 4.74 Å². The fraction of sp³-hybridized carbons (Fsp3) is 0.200. The predicted molar refractivity (Wildman–Crippen MR) is 94.8 cm³/mol. The largest absolute Gasteiger partial charge is 0.493 e. The highest BCUT2D eigenvalue weighted by Crippen LogP contribution is 2.37. The second kappa shape index (κ2) is 6.12. The molecule has 1 atom stereocenters. The molecular formula is C15H12BrClINO. The van der Waals surface area contributed by atoms with Crippen LogP contribution < -0.4 is 10.1 Å². The molecule has 2 nitrogen and oxygen atoms in total. The van der Waals surface area contributed by atoms with E-state index in [-0.39, 0.29) is 6.04 Å². The summed E-state index contributed by atoms with van der Waals surface area (Å²) in [5, 5.41) is 4.35. The maximum atomic E-state index is 6.00. The van der Waals surface area contributed by atoms with Gasteiger partial charge >= 0.3 is 0 Å². The first-order valence-electron chi connectivity index (χ1n) is 6.27. The lowest BCUT2D eigenvalue weighted by atomic mass is 10.0. The van der Waals surface area contributed by atoms with Crippen molar-refractivity contribution in [1.82, 2.24) is 0 Å². The SMILES string of the molecule is Clc1ccc(NC2CCOc3ccc(Br)cc32)c(I)c1. The van der Waals surface area contributed by atoms with Crippen molar-refractivity contribution in [2.24, 2.45) is 0 Å². The van der Waals surface area contributed by atoms with Crippen molar-refractivity contribution in [3.8, 4) is 5.75 Å². The number of benzene rings is 2. The number of ether oxygens (including phenoxy) is 1. The van der Waals surface area contributed by atoms with Gasteiger partial charge in [-0.05, 0) is 59.0 Å². The Hall–Kier alpha value is -0.460. The highest BCUT2D eigenvalue weighted by atomic mass is 127. The van der Waals surface area contributed by atoms with Crippen LogP contribution in [0.15, 0.2) is 40.9 Å². The van der Waals surface area contributed by atoms with E-state index in [1.807, 2.05) is 30.3 Å². The van der Waals surface area contributed by atoms with Crippen molar-refractivity contribution in [1.29, 1.82) is 0 Å². The Kier molecular flexibility index (Phi) is 4.43. The summed E-state index contributed by atoms with van der Waals surface area (Å²) >= 11 is 11.8. The molecule has 20 heavy (non-hydrogen) atoms. The smallest absolute Gasteiger partial charge is 0.124 e. The van der Waals surface area contributed by atoms with Crippen molar-refractivity contribution in [3.05, 3.63) is 55.0 Å². The second-order valence-electron chi connectivity index (χ2n) is 4.64. The zero-order valence-electron chi connectivity index (χ0n) is 10.5. The average molecular weight is 465 g/mol. The van der Waals surface area contributed by atoms with Gasteiger partial charge < -0.3 is 10.1 Å². The minimum Gasteiger partial charge on any atom is -0.493 e. The van der Waals surface area contributed by atoms with Crippen LogP contribution in [0, 0.1) is 3.57 Å². The maximum Gasteiger partial charge on any atom is 0.124 e. The Balaban J connectivity index is 1.91. The normalized spacial score (nSPS) is 17.2. The van der Waals surface area contributed by atoms with Gasteiger partial charge in [-0.1, -0.05) is 27.5 Å². The Bertz CT molecular complexity index is 650. The molecule has 104 valence electrons. The van der Waals surface area contributed by atoms with Crippen molar-refractivity contribution >= 4 is 55.8 Å². The number of rotatable bonds is 2. The van der Waals surface area contributed by atoms with Gasteiger partial charge in [0.05, 0.1) is 12.6 Å². The summed E-state index contributed by atoms with van der Waals surface area (Å²) in [5.74, 6) is 0.959. The first-order chi connectivity index (χ1) is 9.63. The van der Waals surface area contributed by atoms with Crippen LogP contribution in [0.5, 0.6) is 5.75 Å². The van der Waals surface area contributed by atoms with Gasteiger partial charge in [-0.15, -0.1) is 0 Å². The van der Waals surface area contributed by atoms with Crippen molar-refractivity contribution in [2.75, 3.05) is 11.9 Å². The van der Waals surface area contributed by atoms with Crippen LogP contribution in [0.3, 0.4) is 0 Å². The third-order valence-electron chi connectivity index (χ3n) is 3.27. The van der Waals surface area contributed by atoms with Crippen LogP contribution in [0.1, 0.15) is 18.0 Å². The lowest BCUT2D eigenvalue weighted by molar-refractivity contribution is 0.274. The molecule has 0 saturated carbocycles. The fourth-order valence-corrected chi connectivity index (χ4v) is 3.72. The molecule has 0 aromatic heterocycles. The van der Waals surface area contributed by atoms with E-state index in [9.17, 15) is 0 Å². The Morgan fingerprint density at radius 3 is 2.90 bits per heavy atom. The molecule has 0 bridgehead atoms. The van der Waals surface area contributed by atoms with Crippen molar-refractivity contribution in [3.63, 3.8) is 0 Å². The van der Waals surface area contributed by atoms with Crippen LogP contribution in [0.4, 0.5) is 5.69 Å². The van der Waals surface area contributed by atoms with E-state index in [0.29, 0.717) is 0 Å². The van der Waals surface area contributed by atoms with Gasteiger partial charge in [-0.3, -0.25) is 0 Å². The highest BCUT2D eigenvalue weighted by Gasteiger charge is 2.22. The third kappa shape index (κ3) is 3.07. The molecule has 0 radical (unpaired) electrons. The molecule has 1 N–H and O–H groups in total. The molecule has 0 spiro atoms. The van der Waals surface area contributed by atoms with Crippen LogP contribution in [0.2, 0.25) is 5.02 Å². The Labute approximate surface area is 145 Å². The lowest BCUT2D eigenvalue weighted by Gasteiger charge is -2.28. The molecule has 0 aliphatic carbocycles. The first kappa shape index (κ1) is 14.5. The quantitative estimate of drug-likeness (QED) is 0.581. The zero-order chi connectivity index (χ0) is 14.1. The molecule has 0 amide bonds. The number of hydrogen-bond donors (Lipinski definition) is 1. The highest BCUT2D eigenvalue weighted by molar-refractivity contribution is 14.1. The molecule has 3 rings (SSSR count). The van der Waals surface area contributed by atoms with Crippen molar-refractivity contribution in [2.45, 2.75) is 12.5 Å². The number of hydrogen-bond acceptors (Lipinski definition) is 2. The van der Waals surface area contributed by atoms with Gasteiger partial charge in [0.2, 0.25) is 0 Å². The van der Waals surface area contributed by atoms with Gasteiger partial charge in [0, 0.05) is 30.7 Å². The molecule has 0 fully saturated rings. The number of fused-ring (bicyclic) bond motifs is 1. The summed E-state index contributed by atoms with van der Waals surface area (Å²) in [5.41, 5.74) is 2.30. The van der Waals surface area contributed by atoms with Gasteiger partial charge in [0.25, 0.3) is 0 Å². The molecule has 2 aromatic rings. The molecule has 5 heteroatoms. The Morgan fingerprint density at radius 1 is 1.25 bits per heavy atom. The number of anilines is 1. The fourth-order valence-electron chi connectivity index (χ4n) is 2.31. The van der Waals surface area contributed by atoms with Crippen LogP contribution >= 0.6 is 50.1 Å². The van der Waals surface area contributed by atoms with E-state index in [0.717, 1.165) is 37.5 Å². The van der Waals surface area contributed by atoms with Gasteiger partial charge in [0.15, 0.2) is 0 Å². The van der Waals surface area contributed by atoms with E-state index in [4.69, 9.17) is 16.3 Å². The maximum absolute atomic E-state index is 6.00. The molecule has 1 heterocycles. The summed E-state index contributed by atoms with van der Waals surface area (Å²) in [6.45, 7) is 0.733. The van der Waals surface area contributed by atoms with Gasteiger partial charge in [-0.25, -0.2) is 0 Å². The molecule has 1 aliphatic heterocycles. The first-order valence-corrected chi connectivity index (χ1v) is 8.52. The molecule has 1 aliphatic rings.